The van der Waals surface area contributed by atoms with Crippen molar-refractivity contribution in [3.05, 3.63) is 39.4 Å². The molecule has 1 aliphatic rings. The summed E-state index contributed by atoms with van der Waals surface area (Å²) in [6, 6.07) is 5.18. The summed E-state index contributed by atoms with van der Waals surface area (Å²) >= 11 is 5.92. The molecule has 1 aromatic heterocycles. The van der Waals surface area contributed by atoms with Gasteiger partial charge in [-0.25, -0.2) is 4.98 Å². The maximum absolute atomic E-state index is 12.1. The number of H-pyrrole nitrogens is 1. The lowest BCUT2D eigenvalue weighted by atomic mass is 10.2. The first kappa shape index (κ1) is 14.5. The van der Waals surface area contributed by atoms with Gasteiger partial charge in [-0.15, -0.1) is 0 Å². The van der Waals surface area contributed by atoms with Crippen LogP contribution < -0.4 is 5.56 Å². The van der Waals surface area contributed by atoms with Gasteiger partial charge in [0, 0.05) is 18.1 Å². The van der Waals surface area contributed by atoms with Gasteiger partial charge in [-0.3, -0.25) is 9.69 Å². The van der Waals surface area contributed by atoms with Gasteiger partial charge in [0.05, 0.1) is 30.7 Å². The molecule has 0 spiro atoms. The van der Waals surface area contributed by atoms with Crippen LogP contribution in [0, 0.1) is 5.92 Å². The molecule has 0 radical (unpaired) electrons. The summed E-state index contributed by atoms with van der Waals surface area (Å²) in [5, 5.41) is 1.07. The van der Waals surface area contributed by atoms with Crippen LogP contribution >= 0.6 is 11.6 Å². The van der Waals surface area contributed by atoms with Gasteiger partial charge in [0.1, 0.15) is 5.82 Å². The van der Waals surface area contributed by atoms with Gasteiger partial charge < -0.3 is 9.72 Å². The summed E-state index contributed by atoms with van der Waals surface area (Å²) in [4.78, 5) is 21.8. The van der Waals surface area contributed by atoms with E-state index >= 15 is 0 Å². The highest BCUT2D eigenvalue weighted by Gasteiger charge is 2.16. The van der Waals surface area contributed by atoms with Crippen LogP contribution in [0.1, 0.15) is 12.7 Å². The monoisotopic (exact) mass is 307 g/mol. The zero-order valence-corrected chi connectivity index (χ0v) is 12.7. The summed E-state index contributed by atoms with van der Waals surface area (Å²) in [6.07, 6.45) is 0. The standard InChI is InChI=1S/C15H18ClN3O2/c1-10-7-19(4-5-21-9-10)8-14-17-13-3-2-11(16)6-12(13)15(20)18-14/h2-3,6,10H,4-5,7-9H2,1H3,(H,17,18,20). The summed E-state index contributed by atoms with van der Waals surface area (Å²) in [5.41, 5.74) is 0.536. The van der Waals surface area contributed by atoms with E-state index < -0.39 is 0 Å². The molecule has 1 atom stereocenters. The van der Waals surface area contributed by atoms with Gasteiger partial charge in [0.15, 0.2) is 0 Å². The maximum Gasteiger partial charge on any atom is 0.258 e. The fourth-order valence-electron chi connectivity index (χ4n) is 2.65. The van der Waals surface area contributed by atoms with E-state index in [9.17, 15) is 4.79 Å². The number of ether oxygens (including phenoxy) is 1. The summed E-state index contributed by atoms with van der Waals surface area (Å²) in [6.45, 7) is 6.10. The fourth-order valence-corrected chi connectivity index (χ4v) is 2.82. The number of hydrogen-bond donors (Lipinski definition) is 1. The van der Waals surface area contributed by atoms with Gasteiger partial charge in [-0.2, -0.15) is 0 Å². The van der Waals surface area contributed by atoms with E-state index in [2.05, 4.69) is 21.8 Å². The molecule has 0 saturated carbocycles. The van der Waals surface area contributed by atoms with Crippen LogP contribution in [0.5, 0.6) is 0 Å². The fraction of sp³-hybridized carbons (Fsp3) is 0.467. The Morgan fingerprint density at radius 1 is 1.52 bits per heavy atom. The number of hydrogen-bond acceptors (Lipinski definition) is 4. The predicted molar refractivity (Wildman–Crippen MR) is 82.6 cm³/mol. The molecule has 0 aliphatic carbocycles. The molecule has 2 aromatic rings. The second-order valence-corrected chi connectivity index (χ2v) is 6.03. The number of nitrogens with zero attached hydrogens (tertiary/aromatic N) is 2. The molecule has 21 heavy (non-hydrogen) atoms. The summed E-state index contributed by atoms with van der Waals surface area (Å²) < 4.78 is 5.53. The minimum atomic E-state index is -0.142. The molecule has 3 rings (SSSR count). The van der Waals surface area contributed by atoms with Crippen molar-refractivity contribution in [3.63, 3.8) is 0 Å². The van der Waals surface area contributed by atoms with E-state index in [4.69, 9.17) is 16.3 Å². The first-order chi connectivity index (χ1) is 10.1. The summed E-state index contributed by atoms with van der Waals surface area (Å²) in [7, 11) is 0. The molecule has 2 heterocycles. The smallest absolute Gasteiger partial charge is 0.258 e. The first-order valence-corrected chi connectivity index (χ1v) is 7.48. The molecule has 1 N–H and O–H groups in total. The molecule has 6 heteroatoms. The van der Waals surface area contributed by atoms with E-state index in [1.54, 1.807) is 18.2 Å². The lowest BCUT2D eigenvalue weighted by Crippen LogP contribution is -2.30. The third-order valence-corrected chi connectivity index (χ3v) is 3.85. The van der Waals surface area contributed by atoms with Crippen LogP contribution in [-0.4, -0.2) is 41.2 Å². The molecule has 1 fully saturated rings. The highest BCUT2D eigenvalue weighted by atomic mass is 35.5. The number of halogens is 1. The van der Waals surface area contributed by atoms with E-state index in [1.165, 1.54) is 0 Å². The van der Waals surface area contributed by atoms with Gasteiger partial charge in [0.25, 0.3) is 5.56 Å². The van der Waals surface area contributed by atoms with E-state index in [-0.39, 0.29) is 5.56 Å². The van der Waals surface area contributed by atoms with Gasteiger partial charge in [-0.1, -0.05) is 18.5 Å². The molecule has 0 amide bonds. The molecule has 5 nitrogen and oxygen atoms in total. The van der Waals surface area contributed by atoms with E-state index in [0.29, 0.717) is 34.2 Å². The van der Waals surface area contributed by atoms with Crippen LogP contribution in [-0.2, 0) is 11.3 Å². The van der Waals surface area contributed by atoms with Crippen molar-refractivity contribution >= 4 is 22.5 Å². The lowest BCUT2D eigenvalue weighted by Gasteiger charge is -2.20. The second-order valence-electron chi connectivity index (χ2n) is 5.59. The van der Waals surface area contributed by atoms with Crippen LogP contribution in [0.2, 0.25) is 5.02 Å². The third-order valence-electron chi connectivity index (χ3n) is 3.61. The topological polar surface area (TPSA) is 58.2 Å². The Hall–Kier alpha value is -1.43. The van der Waals surface area contributed by atoms with Gasteiger partial charge in [0.2, 0.25) is 0 Å². The second kappa shape index (κ2) is 6.13. The Morgan fingerprint density at radius 2 is 2.38 bits per heavy atom. The van der Waals surface area contributed by atoms with Crippen molar-refractivity contribution in [1.29, 1.82) is 0 Å². The van der Waals surface area contributed by atoms with Crippen LogP contribution in [0.25, 0.3) is 10.9 Å². The molecule has 1 unspecified atom stereocenters. The van der Waals surface area contributed by atoms with E-state index in [1.807, 2.05) is 0 Å². The average molecular weight is 308 g/mol. The van der Waals surface area contributed by atoms with E-state index in [0.717, 1.165) is 26.3 Å². The third kappa shape index (κ3) is 3.43. The Balaban J connectivity index is 1.87. The Morgan fingerprint density at radius 3 is 3.24 bits per heavy atom. The SMILES string of the molecule is CC1COCCN(Cc2nc3ccc(Cl)cc3c(=O)[nH]2)C1. The van der Waals surface area contributed by atoms with Crippen molar-refractivity contribution in [1.82, 2.24) is 14.9 Å². The number of aromatic nitrogens is 2. The molecule has 1 saturated heterocycles. The van der Waals surface area contributed by atoms with Crippen LogP contribution in [0.4, 0.5) is 0 Å². The Bertz CT molecular complexity index is 701. The maximum atomic E-state index is 12.1. The number of rotatable bonds is 2. The summed E-state index contributed by atoms with van der Waals surface area (Å²) in [5.74, 6) is 1.17. The lowest BCUT2D eigenvalue weighted by molar-refractivity contribution is 0.125. The quantitative estimate of drug-likeness (QED) is 0.922. The molecule has 0 bridgehead atoms. The van der Waals surface area contributed by atoms with Crippen molar-refractivity contribution in [2.75, 3.05) is 26.3 Å². The molecule has 112 valence electrons. The highest BCUT2D eigenvalue weighted by Crippen LogP contribution is 2.15. The zero-order valence-electron chi connectivity index (χ0n) is 11.9. The minimum Gasteiger partial charge on any atom is -0.380 e. The van der Waals surface area contributed by atoms with Crippen LogP contribution in [0.3, 0.4) is 0 Å². The average Bonchev–Trinajstić information content (AvgIpc) is 2.64. The Labute approximate surface area is 127 Å². The van der Waals surface area contributed by atoms with Crippen LogP contribution in [0.15, 0.2) is 23.0 Å². The van der Waals surface area contributed by atoms with Gasteiger partial charge >= 0.3 is 0 Å². The largest absolute Gasteiger partial charge is 0.380 e. The zero-order chi connectivity index (χ0) is 14.8. The molecule has 1 aliphatic heterocycles. The minimum absolute atomic E-state index is 0.142. The highest BCUT2D eigenvalue weighted by molar-refractivity contribution is 6.31. The van der Waals surface area contributed by atoms with Crippen molar-refractivity contribution in [3.8, 4) is 0 Å². The number of nitrogens with one attached hydrogen (secondary N) is 1. The first-order valence-electron chi connectivity index (χ1n) is 7.10. The molecule has 1 aromatic carbocycles. The van der Waals surface area contributed by atoms with Gasteiger partial charge in [-0.05, 0) is 24.1 Å². The van der Waals surface area contributed by atoms with Crippen molar-refractivity contribution < 1.29 is 4.74 Å². The number of aromatic amines is 1. The van der Waals surface area contributed by atoms with Crippen molar-refractivity contribution in [2.45, 2.75) is 13.5 Å². The molecular formula is C15H18ClN3O2. The normalized spacial score (nSPS) is 20.6. The Kier molecular flexibility index (Phi) is 4.24. The molecular weight excluding hydrogens is 290 g/mol. The number of fused-ring (bicyclic) bond motifs is 1. The van der Waals surface area contributed by atoms with Crippen molar-refractivity contribution in [2.24, 2.45) is 5.92 Å². The predicted octanol–water partition coefficient (Wildman–Crippen LogP) is 2.04. The number of benzene rings is 1.